The highest BCUT2D eigenvalue weighted by Crippen LogP contribution is 2.42. The molecule has 1 saturated heterocycles. The maximum Gasteiger partial charge on any atom is 0.321 e. The van der Waals surface area contributed by atoms with Gasteiger partial charge in [-0.25, -0.2) is 0 Å². The molecule has 10 heteroatoms. The van der Waals surface area contributed by atoms with Gasteiger partial charge in [0.15, 0.2) is 5.75 Å². The summed E-state index contributed by atoms with van der Waals surface area (Å²) in [7, 11) is 2.72. The molecule has 1 aliphatic heterocycles. The van der Waals surface area contributed by atoms with E-state index in [1.165, 1.54) is 32.0 Å². The Labute approximate surface area is 152 Å². The van der Waals surface area contributed by atoms with Gasteiger partial charge in [-0.3, -0.25) is 20.2 Å². The molecule has 0 aliphatic carbocycles. The number of carbonyl (C=O) groups is 1. The Balaban J connectivity index is 1.93. The molecule has 2 atom stereocenters. The van der Waals surface area contributed by atoms with Crippen molar-refractivity contribution in [3.63, 3.8) is 0 Å². The van der Waals surface area contributed by atoms with Gasteiger partial charge >= 0.3 is 11.7 Å². The van der Waals surface area contributed by atoms with Crippen molar-refractivity contribution in [1.82, 2.24) is 5.32 Å². The first-order chi connectivity index (χ1) is 12.4. The van der Waals surface area contributed by atoms with Crippen molar-refractivity contribution in [1.29, 1.82) is 0 Å². The number of carboxylic acids is 1. The number of ether oxygens (including phenoxy) is 2. The Morgan fingerprint density at radius 3 is 2.73 bits per heavy atom. The van der Waals surface area contributed by atoms with E-state index in [9.17, 15) is 14.9 Å². The molecule has 26 heavy (non-hydrogen) atoms. The highest BCUT2D eigenvalue weighted by molar-refractivity contribution is 7.99. The fraction of sp³-hybridized carbons (Fsp3) is 0.312. The lowest BCUT2D eigenvalue weighted by atomic mass is 10.1. The molecule has 9 nitrogen and oxygen atoms in total. The zero-order valence-corrected chi connectivity index (χ0v) is 14.7. The van der Waals surface area contributed by atoms with Crippen LogP contribution in [0.1, 0.15) is 11.1 Å². The van der Waals surface area contributed by atoms with E-state index in [0.29, 0.717) is 22.8 Å². The third-order valence-electron chi connectivity index (χ3n) is 3.91. The summed E-state index contributed by atoms with van der Waals surface area (Å²) in [4.78, 5) is 21.8. The number of hydrogen-bond donors (Lipinski definition) is 2. The number of aliphatic carboxylic acids is 1. The fourth-order valence-corrected chi connectivity index (χ4v) is 3.82. The summed E-state index contributed by atoms with van der Waals surface area (Å²) in [5.74, 6) is 0.718. The highest BCUT2D eigenvalue weighted by Gasteiger charge is 2.32. The van der Waals surface area contributed by atoms with Gasteiger partial charge in [-0.2, -0.15) is 0 Å². The van der Waals surface area contributed by atoms with Gasteiger partial charge in [0.05, 0.1) is 19.1 Å². The van der Waals surface area contributed by atoms with Crippen LogP contribution in [0.4, 0.5) is 5.69 Å². The van der Waals surface area contributed by atoms with Gasteiger partial charge in [0, 0.05) is 17.4 Å². The molecular weight excluding hydrogens is 364 g/mol. The summed E-state index contributed by atoms with van der Waals surface area (Å²) >= 11 is 1.42. The number of nitrogens with zero attached hydrogens (tertiary/aromatic N) is 1. The van der Waals surface area contributed by atoms with Crippen LogP contribution in [0.5, 0.6) is 11.5 Å². The monoisotopic (exact) mass is 380 g/mol. The van der Waals surface area contributed by atoms with Crippen molar-refractivity contribution >= 4 is 23.4 Å². The molecule has 2 heterocycles. The number of methoxy groups -OCH3 is 2. The van der Waals surface area contributed by atoms with Crippen molar-refractivity contribution in [3.05, 3.63) is 40.1 Å². The van der Waals surface area contributed by atoms with Crippen LogP contribution in [0, 0.1) is 10.1 Å². The smallest absolute Gasteiger partial charge is 0.321 e. The van der Waals surface area contributed by atoms with Crippen LogP contribution in [-0.4, -0.2) is 42.0 Å². The molecule has 0 saturated carbocycles. The summed E-state index contributed by atoms with van der Waals surface area (Å²) < 4.78 is 16.1. The third kappa shape index (κ3) is 3.33. The minimum Gasteiger partial charge on any atom is -0.493 e. The molecule has 0 spiro atoms. The number of rotatable bonds is 6. The van der Waals surface area contributed by atoms with Gasteiger partial charge in [-0.15, -0.1) is 11.8 Å². The Hall–Kier alpha value is -2.72. The van der Waals surface area contributed by atoms with E-state index in [2.05, 4.69) is 5.32 Å². The number of benzene rings is 1. The second kappa shape index (κ2) is 7.26. The van der Waals surface area contributed by atoms with E-state index in [1.54, 1.807) is 18.2 Å². The molecule has 1 fully saturated rings. The molecule has 1 aromatic carbocycles. The Morgan fingerprint density at radius 1 is 1.38 bits per heavy atom. The van der Waals surface area contributed by atoms with Crippen LogP contribution in [0.3, 0.4) is 0 Å². The molecule has 0 bridgehead atoms. The maximum absolute atomic E-state index is 11.3. The topological polar surface area (TPSA) is 124 Å². The quantitative estimate of drug-likeness (QED) is 0.575. The number of furan rings is 1. The second-order valence-corrected chi connectivity index (χ2v) is 6.60. The van der Waals surface area contributed by atoms with Crippen LogP contribution in [0.2, 0.25) is 0 Å². The molecule has 1 aromatic heterocycles. The van der Waals surface area contributed by atoms with Crippen LogP contribution in [0.25, 0.3) is 11.3 Å². The number of thioether (sulfide) groups is 1. The molecule has 2 aromatic rings. The summed E-state index contributed by atoms with van der Waals surface area (Å²) in [6.07, 6.45) is 0. The normalized spacial score (nSPS) is 19.3. The third-order valence-corrected chi connectivity index (χ3v) is 5.13. The van der Waals surface area contributed by atoms with Gasteiger partial charge < -0.3 is 19.0 Å². The molecule has 0 amide bonds. The van der Waals surface area contributed by atoms with Gasteiger partial charge in [0.25, 0.3) is 0 Å². The van der Waals surface area contributed by atoms with Gasteiger partial charge in [0.2, 0.25) is 5.75 Å². The van der Waals surface area contributed by atoms with Crippen molar-refractivity contribution in [2.24, 2.45) is 0 Å². The second-order valence-electron chi connectivity index (χ2n) is 5.46. The minimum atomic E-state index is -0.915. The number of carboxylic acid groups (broad SMARTS) is 1. The molecule has 3 rings (SSSR count). The van der Waals surface area contributed by atoms with E-state index in [0.717, 1.165) is 0 Å². The Bertz CT molecular complexity index is 851. The molecule has 138 valence electrons. The zero-order chi connectivity index (χ0) is 18.8. The number of nitro groups is 1. The van der Waals surface area contributed by atoms with Gasteiger partial charge in [-0.1, -0.05) is 0 Å². The fourth-order valence-electron chi connectivity index (χ4n) is 2.65. The van der Waals surface area contributed by atoms with Crippen molar-refractivity contribution in [3.8, 4) is 22.8 Å². The summed E-state index contributed by atoms with van der Waals surface area (Å²) in [5.41, 5.74) is 0.220. The minimum absolute atomic E-state index is 0.0327. The van der Waals surface area contributed by atoms with E-state index in [-0.39, 0.29) is 22.6 Å². The summed E-state index contributed by atoms with van der Waals surface area (Å²) in [6.45, 7) is 0. The Morgan fingerprint density at radius 2 is 2.15 bits per heavy atom. The highest BCUT2D eigenvalue weighted by atomic mass is 32.2. The number of nitrogens with one attached hydrogen (secondary N) is 1. The van der Waals surface area contributed by atoms with E-state index < -0.39 is 16.9 Å². The van der Waals surface area contributed by atoms with Crippen molar-refractivity contribution in [2.45, 2.75) is 11.4 Å². The average Bonchev–Trinajstić information content (AvgIpc) is 3.29. The lowest BCUT2D eigenvalue weighted by molar-refractivity contribution is -0.385. The van der Waals surface area contributed by atoms with Crippen LogP contribution in [-0.2, 0) is 4.79 Å². The van der Waals surface area contributed by atoms with Gasteiger partial charge in [0.1, 0.15) is 22.9 Å². The average molecular weight is 380 g/mol. The standard InChI is InChI=1S/C16H16N2O7S/c1-23-13-6-8(5-10(18(21)22)14(13)24-2)11-3-4-12(25-11)15-17-9(7-26-15)16(19)20/h3-6,9,15,17H,7H2,1-2H3,(H,19,20)/t9-,15+/m1/s1. The molecular formula is C16H16N2O7S. The summed E-state index contributed by atoms with van der Waals surface area (Å²) in [6, 6.07) is 5.69. The number of hydrogen-bond acceptors (Lipinski definition) is 8. The van der Waals surface area contributed by atoms with E-state index >= 15 is 0 Å². The molecule has 2 N–H and O–H groups in total. The lowest BCUT2D eigenvalue weighted by Gasteiger charge is -2.10. The SMILES string of the molecule is COc1cc(-c2ccc([C@H]3N[C@@H](C(=O)O)CS3)o2)cc([N+](=O)[O-])c1OC. The molecule has 0 radical (unpaired) electrons. The first-order valence-electron chi connectivity index (χ1n) is 7.55. The lowest BCUT2D eigenvalue weighted by Crippen LogP contribution is -2.33. The first-order valence-corrected chi connectivity index (χ1v) is 8.60. The molecule has 1 aliphatic rings. The number of nitro benzene ring substituents is 1. The first kappa shape index (κ1) is 18.1. The van der Waals surface area contributed by atoms with Crippen LogP contribution < -0.4 is 14.8 Å². The maximum atomic E-state index is 11.3. The largest absolute Gasteiger partial charge is 0.493 e. The van der Waals surface area contributed by atoms with E-state index in [4.69, 9.17) is 19.0 Å². The van der Waals surface area contributed by atoms with Crippen LogP contribution in [0.15, 0.2) is 28.7 Å². The molecule has 0 unspecified atom stereocenters. The summed E-state index contributed by atoms with van der Waals surface area (Å²) in [5, 5.41) is 23.0. The van der Waals surface area contributed by atoms with Crippen molar-refractivity contribution in [2.75, 3.05) is 20.0 Å². The van der Waals surface area contributed by atoms with Gasteiger partial charge in [-0.05, 0) is 18.2 Å². The predicted octanol–water partition coefficient (Wildman–Crippen LogP) is 2.66. The van der Waals surface area contributed by atoms with E-state index in [1.807, 2.05) is 0 Å². The van der Waals surface area contributed by atoms with Crippen LogP contribution >= 0.6 is 11.8 Å². The Kier molecular flexibility index (Phi) is 5.05. The zero-order valence-electron chi connectivity index (χ0n) is 13.9. The predicted molar refractivity (Wildman–Crippen MR) is 93.7 cm³/mol. The van der Waals surface area contributed by atoms with Crippen molar-refractivity contribution < 1.29 is 28.7 Å².